The first-order valence-electron chi connectivity index (χ1n) is 8.98. The summed E-state index contributed by atoms with van der Waals surface area (Å²) in [6, 6.07) is 0.628. The fraction of sp³-hybridized carbons (Fsp3) is 0.650. The van der Waals surface area contributed by atoms with Crippen LogP contribution in [0.15, 0.2) is 41.4 Å². The van der Waals surface area contributed by atoms with Crippen molar-refractivity contribution in [2.24, 2.45) is 33.9 Å². The van der Waals surface area contributed by atoms with Crippen LogP contribution in [0, 0.1) is 23.2 Å². The highest BCUT2D eigenvalue weighted by Gasteiger charge is 2.54. The standard InChI is InChI=1S/C20H31N3/c1-4-5-17(12-22-3)18-9-20(10-18)13-23(14-20)19-7-6-16(11-21)8-15(19)2/h4-7,12,15-16,18-19H,1,8-11,13-14,21H2,2-3H3/b17-5+,22-12?. The van der Waals surface area contributed by atoms with Crippen LogP contribution in [0.4, 0.5) is 0 Å². The Labute approximate surface area is 141 Å². The van der Waals surface area contributed by atoms with Gasteiger partial charge in [0.1, 0.15) is 0 Å². The van der Waals surface area contributed by atoms with E-state index in [1.54, 1.807) is 0 Å². The molecule has 2 aliphatic carbocycles. The zero-order valence-corrected chi connectivity index (χ0v) is 14.6. The molecule has 1 saturated carbocycles. The summed E-state index contributed by atoms with van der Waals surface area (Å²) in [6.07, 6.45) is 14.6. The van der Waals surface area contributed by atoms with E-state index in [1.165, 1.54) is 37.9 Å². The Morgan fingerprint density at radius 1 is 1.39 bits per heavy atom. The van der Waals surface area contributed by atoms with E-state index in [9.17, 15) is 0 Å². The lowest BCUT2D eigenvalue weighted by molar-refractivity contribution is -0.105. The maximum Gasteiger partial charge on any atom is 0.0304 e. The summed E-state index contributed by atoms with van der Waals surface area (Å²) < 4.78 is 0. The molecular weight excluding hydrogens is 282 g/mol. The highest BCUT2D eigenvalue weighted by atomic mass is 15.2. The van der Waals surface area contributed by atoms with Crippen LogP contribution in [0.1, 0.15) is 26.2 Å². The topological polar surface area (TPSA) is 41.6 Å². The molecular formula is C20H31N3. The van der Waals surface area contributed by atoms with E-state index in [2.05, 4.69) is 41.6 Å². The third-order valence-corrected chi connectivity index (χ3v) is 6.06. The van der Waals surface area contributed by atoms with Crippen molar-refractivity contribution >= 4 is 6.21 Å². The summed E-state index contributed by atoms with van der Waals surface area (Å²) >= 11 is 0. The van der Waals surface area contributed by atoms with Crippen LogP contribution in [0.5, 0.6) is 0 Å². The molecule has 0 radical (unpaired) electrons. The second-order valence-electron chi connectivity index (χ2n) is 7.88. The Bertz CT molecular complexity index is 517. The number of rotatable bonds is 5. The van der Waals surface area contributed by atoms with Gasteiger partial charge in [-0.3, -0.25) is 9.89 Å². The second kappa shape index (κ2) is 6.74. The van der Waals surface area contributed by atoms with Gasteiger partial charge in [-0.15, -0.1) is 0 Å². The van der Waals surface area contributed by atoms with Crippen LogP contribution in [0.25, 0.3) is 0 Å². The van der Waals surface area contributed by atoms with E-state index in [1.807, 2.05) is 19.3 Å². The zero-order valence-electron chi connectivity index (χ0n) is 14.6. The van der Waals surface area contributed by atoms with Gasteiger partial charge in [-0.05, 0) is 54.5 Å². The van der Waals surface area contributed by atoms with Gasteiger partial charge in [0.15, 0.2) is 0 Å². The van der Waals surface area contributed by atoms with Gasteiger partial charge in [-0.2, -0.15) is 0 Å². The van der Waals surface area contributed by atoms with E-state index in [0.29, 0.717) is 23.3 Å². The van der Waals surface area contributed by atoms with E-state index in [4.69, 9.17) is 5.73 Å². The van der Waals surface area contributed by atoms with Crippen molar-refractivity contribution in [3.05, 3.63) is 36.5 Å². The van der Waals surface area contributed by atoms with Gasteiger partial charge in [0.2, 0.25) is 0 Å². The Kier molecular flexibility index (Phi) is 4.88. The summed E-state index contributed by atoms with van der Waals surface area (Å²) in [5, 5.41) is 0. The lowest BCUT2D eigenvalue weighted by Crippen LogP contribution is -2.65. The average molecular weight is 313 g/mol. The first-order valence-corrected chi connectivity index (χ1v) is 8.98. The lowest BCUT2D eigenvalue weighted by atomic mass is 9.55. The molecule has 0 bridgehead atoms. The van der Waals surface area contributed by atoms with E-state index in [-0.39, 0.29) is 0 Å². The van der Waals surface area contributed by atoms with Crippen molar-refractivity contribution in [3.8, 4) is 0 Å². The predicted molar refractivity (Wildman–Crippen MR) is 98.7 cm³/mol. The fourth-order valence-electron chi connectivity index (χ4n) is 4.89. The molecule has 0 aromatic heterocycles. The molecule has 3 aliphatic rings. The molecule has 0 aromatic rings. The lowest BCUT2D eigenvalue weighted by Gasteiger charge is -2.62. The minimum atomic E-state index is 0.574. The van der Waals surface area contributed by atoms with Crippen molar-refractivity contribution in [2.45, 2.75) is 32.2 Å². The van der Waals surface area contributed by atoms with Crippen LogP contribution in [-0.2, 0) is 0 Å². The van der Waals surface area contributed by atoms with Crippen LogP contribution < -0.4 is 5.73 Å². The van der Waals surface area contributed by atoms with Gasteiger partial charge in [0.05, 0.1) is 0 Å². The molecule has 1 saturated heterocycles. The summed E-state index contributed by atoms with van der Waals surface area (Å²) in [7, 11) is 1.85. The van der Waals surface area contributed by atoms with Gasteiger partial charge < -0.3 is 5.73 Å². The molecule has 126 valence electrons. The van der Waals surface area contributed by atoms with Crippen molar-refractivity contribution < 1.29 is 0 Å². The van der Waals surface area contributed by atoms with Gasteiger partial charge in [0.25, 0.3) is 0 Å². The fourth-order valence-corrected chi connectivity index (χ4v) is 4.89. The average Bonchev–Trinajstić information content (AvgIpc) is 2.46. The molecule has 23 heavy (non-hydrogen) atoms. The number of hydrogen-bond acceptors (Lipinski definition) is 3. The first-order chi connectivity index (χ1) is 11.1. The molecule has 0 amide bonds. The number of likely N-dealkylation sites (tertiary alicyclic amines) is 1. The van der Waals surface area contributed by atoms with Crippen molar-refractivity contribution in [3.63, 3.8) is 0 Å². The SMILES string of the molecule is C=C/C=C(\C=NC)C1CC2(C1)CN(C1C=CC(CN)CC1C)C2. The molecule has 3 heteroatoms. The van der Waals surface area contributed by atoms with Crippen LogP contribution >= 0.6 is 0 Å². The van der Waals surface area contributed by atoms with E-state index >= 15 is 0 Å². The monoisotopic (exact) mass is 313 g/mol. The number of hydrogen-bond donors (Lipinski definition) is 1. The minimum Gasteiger partial charge on any atom is -0.330 e. The Morgan fingerprint density at radius 3 is 2.70 bits per heavy atom. The van der Waals surface area contributed by atoms with E-state index < -0.39 is 0 Å². The van der Waals surface area contributed by atoms with Gasteiger partial charge in [0, 0.05) is 32.4 Å². The number of allylic oxidation sites excluding steroid dienone is 3. The Morgan fingerprint density at radius 2 is 2.13 bits per heavy atom. The van der Waals surface area contributed by atoms with Crippen molar-refractivity contribution in [1.29, 1.82) is 0 Å². The molecule has 3 unspecified atom stereocenters. The minimum absolute atomic E-state index is 0.574. The molecule has 1 aliphatic heterocycles. The largest absolute Gasteiger partial charge is 0.330 e. The Balaban J connectivity index is 1.53. The first kappa shape index (κ1) is 16.7. The Hall–Kier alpha value is -1.19. The van der Waals surface area contributed by atoms with Gasteiger partial charge in [-0.1, -0.05) is 37.8 Å². The number of nitrogens with two attached hydrogens (primary N) is 1. The van der Waals surface area contributed by atoms with Crippen molar-refractivity contribution in [2.75, 3.05) is 26.7 Å². The summed E-state index contributed by atoms with van der Waals surface area (Å²) in [5.41, 5.74) is 7.74. The predicted octanol–water partition coefficient (Wildman–Crippen LogP) is 3.05. The molecule has 3 nitrogen and oxygen atoms in total. The maximum absolute atomic E-state index is 5.81. The van der Waals surface area contributed by atoms with Gasteiger partial charge >= 0.3 is 0 Å². The molecule has 3 atom stereocenters. The van der Waals surface area contributed by atoms with E-state index in [0.717, 1.165) is 12.5 Å². The number of aliphatic imine (C=N–C) groups is 1. The van der Waals surface area contributed by atoms with Gasteiger partial charge in [-0.25, -0.2) is 0 Å². The molecule has 0 aromatic carbocycles. The second-order valence-corrected chi connectivity index (χ2v) is 7.88. The van der Waals surface area contributed by atoms with Crippen LogP contribution in [-0.4, -0.2) is 43.8 Å². The van der Waals surface area contributed by atoms with Crippen LogP contribution in [0.3, 0.4) is 0 Å². The third-order valence-electron chi connectivity index (χ3n) is 6.06. The quantitative estimate of drug-likeness (QED) is 0.481. The molecule has 1 spiro atoms. The smallest absolute Gasteiger partial charge is 0.0304 e. The summed E-state index contributed by atoms with van der Waals surface area (Å²) in [5.74, 6) is 1.99. The highest BCUT2D eigenvalue weighted by molar-refractivity contribution is 5.80. The molecule has 3 rings (SSSR count). The normalized spacial score (nSPS) is 34.6. The molecule has 2 N–H and O–H groups in total. The summed E-state index contributed by atoms with van der Waals surface area (Å²) in [6.45, 7) is 9.53. The highest BCUT2D eigenvalue weighted by Crippen LogP contribution is 2.55. The third kappa shape index (κ3) is 3.22. The van der Waals surface area contributed by atoms with Crippen LogP contribution in [0.2, 0.25) is 0 Å². The summed E-state index contributed by atoms with van der Waals surface area (Å²) in [4.78, 5) is 6.87. The zero-order chi connectivity index (χ0) is 16.4. The maximum atomic E-state index is 5.81. The molecule has 2 fully saturated rings. The molecule has 1 heterocycles. The number of nitrogens with zero attached hydrogens (tertiary/aromatic N) is 2. The van der Waals surface area contributed by atoms with Crippen molar-refractivity contribution in [1.82, 2.24) is 4.90 Å².